The molecule has 2 aliphatic rings. The van der Waals surface area contributed by atoms with E-state index >= 15 is 0 Å². The number of ether oxygens (including phenoxy) is 1. The van der Waals surface area contributed by atoms with Gasteiger partial charge in [0, 0.05) is 19.0 Å². The third-order valence-electron chi connectivity index (χ3n) is 7.17. The van der Waals surface area contributed by atoms with Crippen LogP contribution in [0.25, 0.3) is 0 Å². The molecule has 0 radical (unpaired) electrons. The molecule has 0 spiro atoms. The summed E-state index contributed by atoms with van der Waals surface area (Å²) in [6, 6.07) is 17.1. The van der Waals surface area contributed by atoms with E-state index in [0.717, 1.165) is 32.4 Å². The number of nitriles is 1. The Morgan fingerprint density at radius 2 is 1.92 bits per heavy atom. The molecule has 9 heteroatoms. The molecule has 0 saturated carbocycles. The molecule has 1 amide bonds. The quantitative estimate of drug-likeness (QED) is 0.473. The van der Waals surface area contributed by atoms with Crippen LogP contribution in [-0.2, 0) is 11.2 Å². The van der Waals surface area contributed by atoms with Crippen molar-refractivity contribution < 1.29 is 14.6 Å². The number of hydrogen-bond donors (Lipinski definition) is 3. The van der Waals surface area contributed by atoms with Crippen LogP contribution in [0.2, 0.25) is 0 Å². The lowest BCUT2D eigenvalue weighted by Crippen LogP contribution is -2.41. The largest absolute Gasteiger partial charge is 0.504 e. The van der Waals surface area contributed by atoms with Crippen molar-refractivity contribution in [1.82, 2.24) is 9.97 Å². The zero-order chi connectivity index (χ0) is 25.9. The number of hydrogen-bond acceptors (Lipinski definition) is 7. The first-order chi connectivity index (χ1) is 18.0. The van der Waals surface area contributed by atoms with Gasteiger partial charge in [0.2, 0.25) is 11.9 Å². The fourth-order valence-electron chi connectivity index (χ4n) is 5.30. The van der Waals surface area contributed by atoms with Gasteiger partial charge in [-0.3, -0.25) is 14.6 Å². The van der Waals surface area contributed by atoms with Gasteiger partial charge in [-0.1, -0.05) is 36.4 Å². The van der Waals surface area contributed by atoms with Crippen LogP contribution in [0.5, 0.6) is 11.5 Å². The first-order valence-corrected chi connectivity index (χ1v) is 12.6. The Morgan fingerprint density at radius 1 is 1.16 bits per heavy atom. The Balaban J connectivity index is 1.42. The van der Waals surface area contributed by atoms with E-state index in [4.69, 9.17) is 4.74 Å². The number of carbonyl (C=O) groups is 1. The topological polar surface area (TPSA) is 131 Å². The van der Waals surface area contributed by atoms with Crippen LogP contribution in [0.1, 0.15) is 42.4 Å². The number of piperidine rings is 1. The van der Waals surface area contributed by atoms with Gasteiger partial charge in [-0.25, -0.2) is 0 Å². The number of phenolic OH excluding ortho intramolecular Hbond substituents is 1. The van der Waals surface area contributed by atoms with Gasteiger partial charge < -0.3 is 20.1 Å². The van der Waals surface area contributed by atoms with Gasteiger partial charge in [0.05, 0.1) is 18.2 Å². The number of carbonyl (C=O) groups excluding carboxylic acids is 1. The normalized spacial score (nSPS) is 19.6. The molecule has 1 aromatic heterocycles. The molecular weight excluding hydrogens is 470 g/mol. The van der Waals surface area contributed by atoms with Gasteiger partial charge in [-0.2, -0.15) is 10.2 Å². The van der Waals surface area contributed by atoms with Crippen molar-refractivity contribution >= 4 is 17.7 Å². The van der Waals surface area contributed by atoms with E-state index in [-0.39, 0.29) is 22.9 Å². The lowest BCUT2D eigenvalue weighted by Gasteiger charge is -2.34. The molecule has 0 bridgehead atoms. The minimum absolute atomic E-state index is 0.0577. The number of anilines is 2. The van der Waals surface area contributed by atoms with E-state index in [1.165, 1.54) is 11.6 Å². The maximum atomic E-state index is 13.4. The molecule has 3 aromatic rings. The van der Waals surface area contributed by atoms with E-state index in [2.05, 4.69) is 39.6 Å². The third kappa shape index (κ3) is 4.87. The minimum atomic E-state index is -1.13. The second-order valence-electron chi connectivity index (χ2n) is 9.51. The van der Waals surface area contributed by atoms with Crippen molar-refractivity contribution in [2.45, 2.75) is 32.1 Å². The molecule has 2 aromatic carbocycles. The zero-order valence-corrected chi connectivity index (χ0v) is 20.6. The van der Waals surface area contributed by atoms with Crippen LogP contribution in [0.15, 0.2) is 53.3 Å². The third-order valence-corrected chi connectivity index (χ3v) is 7.17. The Labute approximate surface area is 214 Å². The fraction of sp³-hybridized carbons (Fsp3) is 0.357. The number of aromatic nitrogens is 2. The van der Waals surface area contributed by atoms with E-state index in [1.807, 2.05) is 17.0 Å². The number of phenols is 1. The molecule has 2 atom stereocenters. The van der Waals surface area contributed by atoms with Gasteiger partial charge in [0.25, 0.3) is 5.56 Å². The van der Waals surface area contributed by atoms with Crippen LogP contribution in [0.3, 0.4) is 0 Å². The van der Waals surface area contributed by atoms with Crippen LogP contribution in [0.4, 0.5) is 11.8 Å². The van der Waals surface area contributed by atoms with E-state index in [0.29, 0.717) is 24.0 Å². The molecule has 37 heavy (non-hydrogen) atoms. The van der Waals surface area contributed by atoms with Gasteiger partial charge in [-0.15, -0.1) is 0 Å². The van der Waals surface area contributed by atoms with E-state index in [9.17, 15) is 20.0 Å². The number of nitrogens with zero attached hydrogens (tertiary/aromatic N) is 3. The second kappa shape index (κ2) is 10.3. The Bertz CT molecular complexity index is 1390. The molecule has 9 nitrogen and oxygen atoms in total. The van der Waals surface area contributed by atoms with Crippen LogP contribution in [0, 0.1) is 23.2 Å². The molecule has 1 fully saturated rings. The van der Waals surface area contributed by atoms with E-state index in [1.54, 1.807) is 19.1 Å². The summed E-state index contributed by atoms with van der Waals surface area (Å²) in [5.74, 6) is -1.20. The number of amides is 1. The Kier molecular flexibility index (Phi) is 6.82. The van der Waals surface area contributed by atoms with Gasteiger partial charge >= 0.3 is 0 Å². The summed E-state index contributed by atoms with van der Waals surface area (Å²) in [4.78, 5) is 35.8. The van der Waals surface area contributed by atoms with Crippen molar-refractivity contribution in [2.24, 2.45) is 11.8 Å². The highest BCUT2D eigenvalue weighted by atomic mass is 16.5. The first-order valence-electron chi connectivity index (χ1n) is 12.6. The SMILES string of the molecule is CCOc1cc(C2c3c(nc(N4CCC(Cc5ccccc5)CC4)[nH]c3=O)NC(=O)C2C#N)ccc1O. The molecule has 2 unspecified atom stereocenters. The maximum Gasteiger partial charge on any atom is 0.258 e. The lowest BCUT2D eigenvalue weighted by molar-refractivity contribution is -0.119. The highest BCUT2D eigenvalue weighted by molar-refractivity contribution is 5.98. The highest BCUT2D eigenvalue weighted by Crippen LogP contribution is 2.41. The zero-order valence-electron chi connectivity index (χ0n) is 20.6. The summed E-state index contributed by atoms with van der Waals surface area (Å²) in [6.45, 7) is 3.60. The number of aromatic amines is 1. The minimum Gasteiger partial charge on any atom is -0.504 e. The summed E-state index contributed by atoms with van der Waals surface area (Å²) < 4.78 is 5.48. The summed E-state index contributed by atoms with van der Waals surface area (Å²) in [6.07, 6.45) is 2.95. The van der Waals surface area contributed by atoms with Crippen molar-refractivity contribution in [1.29, 1.82) is 5.26 Å². The standard InChI is InChI=1S/C28H29N5O4/c1-2-37-22-15-19(8-9-21(22)34)23-20(16-29)26(35)30-25-24(23)27(36)32-28(31-25)33-12-10-18(11-13-33)14-17-6-4-3-5-7-17/h3-9,15,18,20,23,34H,2,10-14H2,1H3,(H2,30,31,32,35,36). The molecule has 2 aliphatic heterocycles. The molecule has 3 heterocycles. The van der Waals surface area contributed by atoms with E-state index < -0.39 is 23.3 Å². The summed E-state index contributed by atoms with van der Waals surface area (Å²) in [7, 11) is 0. The predicted molar refractivity (Wildman–Crippen MR) is 139 cm³/mol. The molecular formula is C28H29N5O4. The average molecular weight is 500 g/mol. The summed E-state index contributed by atoms with van der Waals surface area (Å²) >= 11 is 0. The highest BCUT2D eigenvalue weighted by Gasteiger charge is 2.41. The molecule has 0 aliphatic carbocycles. The number of rotatable bonds is 6. The average Bonchev–Trinajstić information content (AvgIpc) is 2.90. The Morgan fingerprint density at radius 3 is 2.62 bits per heavy atom. The van der Waals surface area contributed by atoms with Crippen LogP contribution in [-0.4, -0.2) is 40.7 Å². The molecule has 1 saturated heterocycles. The Hall–Kier alpha value is -4.32. The van der Waals surface area contributed by atoms with Crippen molar-refractivity contribution in [3.05, 3.63) is 75.6 Å². The maximum absolute atomic E-state index is 13.4. The van der Waals surface area contributed by atoms with Crippen molar-refractivity contribution in [2.75, 3.05) is 29.9 Å². The number of nitrogens with one attached hydrogen (secondary N) is 2. The molecule has 5 rings (SSSR count). The summed E-state index contributed by atoms with van der Waals surface area (Å²) in [5, 5.41) is 22.6. The summed E-state index contributed by atoms with van der Waals surface area (Å²) in [5.41, 5.74) is 1.67. The number of benzene rings is 2. The number of aromatic hydroxyl groups is 1. The number of H-pyrrole nitrogens is 1. The van der Waals surface area contributed by atoms with Gasteiger partial charge in [0.1, 0.15) is 11.7 Å². The fourth-order valence-corrected chi connectivity index (χ4v) is 5.30. The molecule has 3 N–H and O–H groups in total. The van der Waals surface area contributed by atoms with Gasteiger partial charge in [0.15, 0.2) is 11.5 Å². The lowest BCUT2D eigenvalue weighted by atomic mass is 9.79. The second-order valence-corrected chi connectivity index (χ2v) is 9.51. The van der Waals surface area contributed by atoms with Crippen molar-refractivity contribution in [3.63, 3.8) is 0 Å². The smallest absolute Gasteiger partial charge is 0.258 e. The molecule has 190 valence electrons. The number of fused-ring (bicyclic) bond motifs is 1. The first kappa shape index (κ1) is 24.4. The van der Waals surface area contributed by atoms with Gasteiger partial charge in [-0.05, 0) is 55.4 Å². The van der Waals surface area contributed by atoms with Crippen LogP contribution < -0.4 is 20.5 Å². The predicted octanol–water partition coefficient (Wildman–Crippen LogP) is 3.56. The van der Waals surface area contributed by atoms with Crippen LogP contribution >= 0.6 is 0 Å². The monoisotopic (exact) mass is 499 g/mol. The van der Waals surface area contributed by atoms with Crippen molar-refractivity contribution in [3.8, 4) is 17.6 Å².